The van der Waals surface area contributed by atoms with Crippen LogP contribution < -0.4 is 0 Å². The number of halogens is 1. The Morgan fingerprint density at radius 1 is 1.19 bits per heavy atom. The number of rotatable bonds is 6. The molecule has 0 unspecified atom stereocenters. The van der Waals surface area contributed by atoms with Crippen LogP contribution in [-0.2, 0) is 27.8 Å². The Bertz CT molecular complexity index is 889. The number of benzene rings is 1. The minimum Gasteiger partial charge on any atom is -0.341 e. The van der Waals surface area contributed by atoms with Crippen LogP contribution in [-0.4, -0.2) is 43.7 Å². The van der Waals surface area contributed by atoms with E-state index in [0.29, 0.717) is 23.5 Å². The van der Waals surface area contributed by atoms with E-state index in [2.05, 4.69) is 0 Å². The van der Waals surface area contributed by atoms with Gasteiger partial charge in [-0.1, -0.05) is 18.2 Å². The number of hydrogen-bond donors (Lipinski definition) is 0. The first kappa shape index (κ1) is 19.0. The Labute approximate surface area is 157 Å². The van der Waals surface area contributed by atoms with Gasteiger partial charge in [0, 0.05) is 37.1 Å². The first-order valence-corrected chi connectivity index (χ1v) is 10.7. The molecule has 26 heavy (non-hydrogen) atoms. The third-order valence-corrected chi connectivity index (χ3v) is 7.86. The average molecular weight is 397 g/mol. The Morgan fingerprint density at radius 2 is 1.88 bits per heavy atom. The molecule has 140 valence electrons. The van der Waals surface area contributed by atoms with Crippen molar-refractivity contribution in [1.29, 1.82) is 0 Å². The number of nitrogens with zero attached hydrogens (tertiary/aromatic N) is 2. The zero-order chi connectivity index (χ0) is 18.7. The van der Waals surface area contributed by atoms with Crippen molar-refractivity contribution in [3.05, 3.63) is 52.7 Å². The van der Waals surface area contributed by atoms with E-state index >= 15 is 0 Å². The summed E-state index contributed by atoms with van der Waals surface area (Å²) in [5.41, 5.74) is 0.451. The van der Waals surface area contributed by atoms with Crippen LogP contribution in [0.1, 0.15) is 23.3 Å². The van der Waals surface area contributed by atoms with Crippen molar-refractivity contribution in [2.24, 2.45) is 0 Å². The van der Waals surface area contributed by atoms with Crippen LogP contribution >= 0.6 is 11.3 Å². The van der Waals surface area contributed by atoms with Crippen LogP contribution in [0.4, 0.5) is 4.39 Å². The van der Waals surface area contributed by atoms with Gasteiger partial charge in [0.05, 0.1) is 6.42 Å². The first-order chi connectivity index (χ1) is 12.4. The lowest BCUT2D eigenvalue weighted by molar-refractivity contribution is -0.129. The summed E-state index contributed by atoms with van der Waals surface area (Å²) in [6, 6.07) is 9.59. The van der Waals surface area contributed by atoms with Crippen LogP contribution in [0.15, 0.2) is 40.6 Å². The van der Waals surface area contributed by atoms with Crippen molar-refractivity contribution in [3.8, 4) is 0 Å². The van der Waals surface area contributed by atoms with Crippen molar-refractivity contribution in [3.63, 3.8) is 0 Å². The lowest BCUT2D eigenvalue weighted by Crippen LogP contribution is -2.28. The second-order valence-electron chi connectivity index (χ2n) is 6.35. The predicted molar refractivity (Wildman–Crippen MR) is 98.9 cm³/mol. The highest BCUT2D eigenvalue weighted by Crippen LogP contribution is 2.27. The third kappa shape index (κ3) is 4.13. The lowest BCUT2D eigenvalue weighted by Gasteiger charge is -2.17. The van der Waals surface area contributed by atoms with Crippen molar-refractivity contribution in [2.45, 2.75) is 30.0 Å². The molecular weight excluding hydrogens is 375 g/mol. The van der Waals surface area contributed by atoms with Crippen molar-refractivity contribution in [1.82, 2.24) is 9.21 Å². The standard InChI is InChI=1S/C18H21FN2O3S2/c1-20(13-14-6-2-3-7-16(14)19)17(22)12-15-8-9-18(25-15)26(23,24)21-10-4-5-11-21/h2-3,6-9H,4-5,10-13H2,1H3. The summed E-state index contributed by atoms with van der Waals surface area (Å²) in [5, 5.41) is 0. The topological polar surface area (TPSA) is 57.7 Å². The van der Waals surface area contributed by atoms with Gasteiger partial charge in [-0.15, -0.1) is 11.3 Å². The molecule has 1 aliphatic heterocycles. The van der Waals surface area contributed by atoms with E-state index in [4.69, 9.17) is 0 Å². The Kier molecular flexibility index (Phi) is 5.74. The smallest absolute Gasteiger partial charge is 0.252 e. The van der Waals surface area contributed by atoms with Gasteiger partial charge in [0.2, 0.25) is 5.91 Å². The van der Waals surface area contributed by atoms with Crippen LogP contribution in [0.3, 0.4) is 0 Å². The highest BCUT2D eigenvalue weighted by Gasteiger charge is 2.28. The van der Waals surface area contributed by atoms with Crippen LogP contribution in [0.25, 0.3) is 0 Å². The minimum absolute atomic E-state index is 0.102. The fourth-order valence-corrected chi connectivity index (χ4v) is 5.92. The van der Waals surface area contributed by atoms with E-state index in [-0.39, 0.29) is 28.9 Å². The van der Waals surface area contributed by atoms with E-state index in [0.717, 1.165) is 24.2 Å². The Balaban J connectivity index is 1.65. The van der Waals surface area contributed by atoms with E-state index < -0.39 is 10.0 Å². The molecule has 0 aliphatic carbocycles. The predicted octanol–water partition coefficient (Wildman–Crippen LogP) is 2.87. The van der Waals surface area contributed by atoms with Gasteiger partial charge in [0.15, 0.2) is 0 Å². The molecule has 8 heteroatoms. The summed E-state index contributed by atoms with van der Waals surface area (Å²) >= 11 is 1.13. The molecule has 0 atom stereocenters. The van der Waals surface area contributed by atoms with Crippen molar-refractivity contribution < 1.29 is 17.6 Å². The number of thiophene rings is 1. The molecule has 1 saturated heterocycles. The molecule has 5 nitrogen and oxygen atoms in total. The molecular formula is C18H21FN2O3S2. The summed E-state index contributed by atoms with van der Waals surface area (Å²) in [6.07, 6.45) is 1.87. The molecule has 1 aliphatic rings. The molecule has 1 aromatic carbocycles. The second-order valence-corrected chi connectivity index (χ2v) is 9.68. The molecule has 0 spiro atoms. The normalized spacial score (nSPS) is 15.3. The Morgan fingerprint density at radius 3 is 2.58 bits per heavy atom. The molecule has 1 amide bonds. The second kappa shape index (κ2) is 7.85. The number of carbonyl (C=O) groups is 1. The molecule has 3 rings (SSSR count). The molecule has 0 bridgehead atoms. The van der Waals surface area contributed by atoms with E-state index in [1.165, 1.54) is 15.3 Å². The summed E-state index contributed by atoms with van der Waals surface area (Å²) in [5.74, 6) is -0.525. The molecule has 0 saturated carbocycles. The average Bonchev–Trinajstić information content (AvgIpc) is 3.29. The van der Waals surface area contributed by atoms with E-state index in [1.54, 1.807) is 37.4 Å². The van der Waals surface area contributed by atoms with Gasteiger partial charge in [-0.25, -0.2) is 12.8 Å². The number of carbonyl (C=O) groups excluding carboxylic acids is 1. The molecule has 1 aromatic heterocycles. The molecule has 2 heterocycles. The fourth-order valence-electron chi connectivity index (χ4n) is 2.90. The van der Waals surface area contributed by atoms with E-state index in [9.17, 15) is 17.6 Å². The molecule has 0 radical (unpaired) electrons. The van der Waals surface area contributed by atoms with Gasteiger partial charge in [-0.2, -0.15) is 4.31 Å². The van der Waals surface area contributed by atoms with Gasteiger partial charge >= 0.3 is 0 Å². The Hall–Kier alpha value is -1.77. The SMILES string of the molecule is CN(Cc1ccccc1F)C(=O)Cc1ccc(S(=O)(=O)N2CCCC2)s1. The third-order valence-electron chi connectivity index (χ3n) is 4.41. The maximum absolute atomic E-state index is 13.7. The summed E-state index contributed by atoms with van der Waals surface area (Å²) in [6.45, 7) is 1.29. The zero-order valence-electron chi connectivity index (χ0n) is 14.5. The van der Waals surface area contributed by atoms with Crippen LogP contribution in [0.2, 0.25) is 0 Å². The molecule has 2 aromatic rings. The maximum atomic E-state index is 13.7. The quantitative estimate of drug-likeness (QED) is 0.754. The van der Waals surface area contributed by atoms with Crippen LogP contribution in [0, 0.1) is 5.82 Å². The van der Waals surface area contributed by atoms with Gasteiger partial charge in [0.25, 0.3) is 10.0 Å². The van der Waals surface area contributed by atoms with Gasteiger partial charge in [-0.3, -0.25) is 4.79 Å². The summed E-state index contributed by atoms with van der Waals surface area (Å²) < 4.78 is 40.6. The van der Waals surface area contributed by atoms with Crippen LogP contribution in [0.5, 0.6) is 0 Å². The van der Waals surface area contributed by atoms with Gasteiger partial charge in [0.1, 0.15) is 10.0 Å². The first-order valence-electron chi connectivity index (χ1n) is 8.44. The maximum Gasteiger partial charge on any atom is 0.252 e. The van der Waals surface area contributed by atoms with Gasteiger partial charge < -0.3 is 4.90 Å². The van der Waals surface area contributed by atoms with Gasteiger partial charge in [-0.05, 0) is 31.0 Å². The number of hydrogen-bond acceptors (Lipinski definition) is 4. The highest BCUT2D eigenvalue weighted by atomic mass is 32.2. The minimum atomic E-state index is -3.45. The zero-order valence-corrected chi connectivity index (χ0v) is 16.2. The van der Waals surface area contributed by atoms with Crippen molar-refractivity contribution >= 4 is 27.3 Å². The lowest BCUT2D eigenvalue weighted by atomic mass is 10.2. The number of likely N-dealkylation sites (N-methyl/N-ethyl adjacent to an activating group) is 1. The largest absolute Gasteiger partial charge is 0.341 e. The summed E-state index contributed by atoms with van der Waals surface area (Å²) in [4.78, 5) is 14.5. The highest BCUT2D eigenvalue weighted by molar-refractivity contribution is 7.91. The fraction of sp³-hybridized carbons (Fsp3) is 0.389. The number of amides is 1. The van der Waals surface area contributed by atoms with E-state index in [1.807, 2.05) is 0 Å². The van der Waals surface area contributed by atoms with Crippen molar-refractivity contribution in [2.75, 3.05) is 20.1 Å². The number of sulfonamides is 1. The monoisotopic (exact) mass is 396 g/mol. The summed E-state index contributed by atoms with van der Waals surface area (Å²) in [7, 11) is -1.84. The molecule has 1 fully saturated rings. The molecule has 0 N–H and O–H groups in total.